The molecule has 0 saturated carbocycles. The minimum atomic E-state index is -3.79. The van der Waals surface area contributed by atoms with Crippen molar-refractivity contribution in [3.63, 3.8) is 0 Å². The summed E-state index contributed by atoms with van der Waals surface area (Å²) in [7, 11) is -2.55. The van der Waals surface area contributed by atoms with E-state index in [1.807, 2.05) is 0 Å². The number of methoxy groups -OCH3 is 1. The number of nitrogens with two attached hydrogens (primary N) is 1. The lowest BCUT2D eigenvalue weighted by molar-refractivity contribution is -0.144. The molecular weight excluding hydrogens is 304 g/mol. The fraction of sp³-hybridized carbons (Fsp3) is 0.417. The number of nitrogen functional groups attached to an aromatic ring is 1. The molecule has 0 aromatic heterocycles. The first kappa shape index (κ1) is 15.1. The Balaban J connectivity index is 2.38. The molecule has 2 N–H and O–H groups in total. The van der Waals surface area contributed by atoms with Crippen LogP contribution in [-0.2, 0) is 19.6 Å². The summed E-state index contributed by atoms with van der Waals surface area (Å²) in [5.41, 5.74) is 5.81. The SMILES string of the molecule is COC(=O)[C@H]1CCCN1S(=O)(=O)c1ccc(Cl)c(N)c1. The van der Waals surface area contributed by atoms with Gasteiger partial charge >= 0.3 is 5.97 Å². The average Bonchev–Trinajstić information content (AvgIpc) is 2.90. The Morgan fingerprint density at radius 1 is 1.50 bits per heavy atom. The second-order valence-electron chi connectivity index (χ2n) is 4.48. The van der Waals surface area contributed by atoms with E-state index >= 15 is 0 Å². The average molecular weight is 319 g/mol. The van der Waals surface area contributed by atoms with E-state index in [-0.39, 0.29) is 22.2 Å². The third-order valence-electron chi connectivity index (χ3n) is 3.25. The number of nitrogens with zero attached hydrogens (tertiary/aromatic N) is 1. The lowest BCUT2D eigenvalue weighted by atomic mass is 10.2. The molecule has 110 valence electrons. The molecule has 20 heavy (non-hydrogen) atoms. The van der Waals surface area contributed by atoms with Gasteiger partial charge in [-0.3, -0.25) is 4.79 Å². The van der Waals surface area contributed by atoms with Gasteiger partial charge in [-0.2, -0.15) is 4.31 Å². The molecule has 0 radical (unpaired) electrons. The first-order valence-corrected chi connectivity index (χ1v) is 7.84. The third kappa shape index (κ3) is 2.61. The molecule has 1 aliphatic heterocycles. The number of ether oxygens (including phenoxy) is 1. The predicted molar refractivity (Wildman–Crippen MR) is 74.8 cm³/mol. The number of hydrogen-bond donors (Lipinski definition) is 1. The molecule has 0 spiro atoms. The first-order chi connectivity index (χ1) is 9.37. The largest absolute Gasteiger partial charge is 0.468 e. The molecule has 0 bridgehead atoms. The lowest BCUT2D eigenvalue weighted by Crippen LogP contribution is -2.41. The van der Waals surface area contributed by atoms with Gasteiger partial charge in [0.05, 0.1) is 22.7 Å². The van der Waals surface area contributed by atoms with E-state index in [0.717, 1.165) is 4.31 Å². The monoisotopic (exact) mass is 318 g/mol. The lowest BCUT2D eigenvalue weighted by Gasteiger charge is -2.22. The van der Waals surface area contributed by atoms with Crippen molar-refractivity contribution in [3.8, 4) is 0 Å². The summed E-state index contributed by atoms with van der Waals surface area (Å²) in [5, 5.41) is 0.287. The van der Waals surface area contributed by atoms with Crippen LogP contribution in [-0.4, -0.2) is 38.4 Å². The Kier molecular flexibility index (Phi) is 4.22. The second kappa shape index (κ2) is 5.59. The number of hydrogen-bond acceptors (Lipinski definition) is 5. The van der Waals surface area contributed by atoms with Crippen molar-refractivity contribution in [3.05, 3.63) is 23.2 Å². The van der Waals surface area contributed by atoms with E-state index < -0.39 is 22.0 Å². The molecule has 1 fully saturated rings. The molecule has 1 aromatic rings. The molecule has 1 atom stereocenters. The molecule has 1 aliphatic rings. The van der Waals surface area contributed by atoms with Gasteiger partial charge in [0.15, 0.2) is 0 Å². The van der Waals surface area contributed by atoms with Crippen molar-refractivity contribution in [2.45, 2.75) is 23.8 Å². The Morgan fingerprint density at radius 2 is 2.20 bits per heavy atom. The highest BCUT2D eigenvalue weighted by molar-refractivity contribution is 7.89. The Bertz CT molecular complexity index is 632. The maximum absolute atomic E-state index is 12.5. The van der Waals surface area contributed by atoms with Gasteiger partial charge in [-0.1, -0.05) is 11.6 Å². The van der Waals surface area contributed by atoms with E-state index in [2.05, 4.69) is 4.74 Å². The van der Waals surface area contributed by atoms with Gasteiger partial charge in [0.1, 0.15) is 6.04 Å². The summed E-state index contributed by atoms with van der Waals surface area (Å²) in [6.45, 7) is 0.282. The van der Waals surface area contributed by atoms with Crippen LogP contribution >= 0.6 is 11.6 Å². The summed E-state index contributed by atoms with van der Waals surface area (Å²) in [5.74, 6) is -0.548. The highest BCUT2D eigenvalue weighted by Gasteiger charge is 2.40. The normalized spacial score (nSPS) is 20.0. The summed E-state index contributed by atoms with van der Waals surface area (Å²) in [4.78, 5) is 11.7. The number of anilines is 1. The van der Waals surface area contributed by atoms with E-state index in [9.17, 15) is 13.2 Å². The van der Waals surface area contributed by atoms with Crippen molar-refractivity contribution in [2.75, 3.05) is 19.4 Å². The Hall–Kier alpha value is -1.31. The van der Waals surface area contributed by atoms with Crippen LogP contribution in [0.1, 0.15) is 12.8 Å². The third-order valence-corrected chi connectivity index (χ3v) is 5.50. The van der Waals surface area contributed by atoms with Crippen LogP contribution in [0.15, 0.2) is 23.1 Å². The summed E-state index contributed by atoms with van der Waals surface area (Å²) >= 11 is 5.78. The van der Waals surface area contributed by atoms with E-state index in [1.54, 1.807) is 0 Å². The highest BCUT2D eigenvalue weighted by atomic mass is 35.5. The summed E-state index contributed by atoms with van der Waals surface area (Å²) in [6.07, 6.45) is 1.07. The standard InChI is InChI=1S/C12H15ClN2O4S/c1-19-12(16)11-3-2-6-15(11)20(17,18)8-4-5-9(13)10(14)7-8/h4-5,7,11H,2-3,6,14H2,1H3/t11-/m1/s1. The second-order valence-corrected chi connectivity index (χ2v) is 6.78. The first-order valence-electron chi connectivity index (χ1n) is 6.02. The van der Waals surface area contributed by atoms with Gasteiger partial charge in [-0.25, -0.2) is 8.42 Å². The fourth-order valence-electron chi connectivity index (χ4n) is 2.22. The molecule has 1 saturated heterocycles. The minimum Gasteiger partial charge on any atom is -0.468 e. The van der Waals surface area contributed by atoms with Crippen LogP contribution in [0.25, 0.3) is 0 Å². The number of sulfonamides is 1. The zero-order chi connectivity index (χ0) is 14.9. The van der Waals surface area contributed by atoms with Crippen LogP contribution in [0.2, 0.25) is 5.02 Å². The number of rotatable bonds is 3. The quantitative estimate of drug-likeness (QED) is 0.669. The van der Waals surface area contributed by atoms with E-state index in [4.69, 9.17) is 17.3 Å². The number of carbonyl (C=O) groups is 1. The molecule has 0 amide bonds. The number of halogens is 1. The Labute approximate surface area is 122 Å². The van der Waals surface area contributed by atoms with Crippen LogP contribution in [0.5, 0.6) is 0 Å². The molecule has 0 aliphatic carbocycles. The molecule has 8 heteroatoms. The molecule has 2 rings (SSSR count). The van der Waals surface area contributed by atoms with Crippen molar-refractivity contribution < 1.29 is 17.9 Å². The van der Waals surface area contributed by atoms with Crippen LogP contribution in [0.4, 0.5) is 5.69 Å². The van der Waals surface area contributed by atoms with Crippen molar-refractivity contribution in [1.82, 2.24) is 4.31 Å². The van der Waals surface area contributed by atoms with Gasteiger partial charge < -0.3 is 10.5 Å². The Morgan fingerprint density at radius 3 is 2.80 bits per heavy atom. The van der Waals surface area contributed by atoms with E-state index in [1.165, 1.54) is 25.3 Å². The smallest absolute Gasteiger partial charge is 0.324 e. The van der Waals surface area contributed by atoms with Crippen LogP contribution in [0.3, 0.4) is 0 Å². The van der Waals surface area contributed by atoms with Gasteiger partial charge in [0, 0.05) is 6.54 Å². The van der Waals surface area contributed by atoms with Crippen molar-refractivity contribution >= 4 is 33.3 Å². The maximum Gasteiger partial charge on any atom is 0.324 e. The molecule has 1 heterocycles. The zero-order valence-electron chi connectivity index (χ0n) is 10.9. The summed E-state index contributed by atoms with van der Waals surface area (Å²) in [6, 6.07) is 3.32. The van der Waals surface area contributed by atoms with Crippen molar-refractivity contribution in [2.24, 2.45) is 0 Å². The van der Waals surface area contributed by atoms with Crippen LogP contribution < -0.4 is 5.73 Å². The fourth-order valence-corrected chi connectivity index (χ4v) is 4.02. The number of carbonyl (C=O) groups excluding carboxylic acids is 1. The topological polar surface area (TPSA) is 89.7 Å². The predicted octanol–water partition coefficient (Wildman–Crippen LogP) is 1.25. The molecular formula is C12H15ClN2O4S. The zero-order valence-corrected chi connectivity index (χ0v) is 12.4. The highest BCUT2D eigenvalue weighted by Crippen LogP contribution is 2.29. The number of esters is 1. The van der Waals surface area contributed by atoms with Gasteiger partial charge in [0.25, 0.3) is 0 Å². The van der Waals surface area contributed by atoms with Crippen LogP contribution in [0, 0.1) is 0 Å². The maximum atomic E-state index is 12.5. The van der Waals surface area contributed by atoms with Gasteiger partial charge in [-0.15, -0.1) is 0 Å². The minimum absolute atomic E-state index is 0.0233. The molecule has 0 unspecified atom stereocenters. The van der Waals surface area contributed by atoms with E-state index in [0.29, 0.717) is 12.8 Å². The van der Waals surface area contributed by atoms with Crippen molar-refractivity contribution in [1.29, 1.82) is 0 Å². The number of benzene rings is 1. The van der Waals surface area contributed by atoms with Gasteiger partial charge in [-0.05, 0) is 31.0 Å². The molecule has 6 nitrogen and oxygen atoms in total. The summed E-state index contributed by atoms with van der Waals surface area (Å²) < 4.78 is 30.9. The molecule has 1 aromatic carbocycles. The van der Waals surface area contributed by atoms with Gasteiger partial charge in [0.2, 0.25) is 10.0 Å².